The van der Waals surface area contributed by atoms with Crippen LogP contribution in [0.15, 0.2) is 12.4 Å². The van der Waals surface area contributed by atoms with Gasteiger partial charge in [-0.15, -0.1) is 0 Å². The topological polar surface area (TPSA) is 55.1 Å². The van der Waals surface area contributed by atoms with Crippen LogP contribution in [0.5, 0.6) is 0 Å². The van der Waals surface area contributed by atoms with Crippen molar-refractivity contribution in [2.45, 2.75) is 25.8 Å². The Hall–Kier alpha value is -1.46. The number of halogens is 2. The van der Waals surface area contributed by atoms with Gasteiger partial charge in [0, 0.05) is 12.7 Å². The van der Waals surface area contributed by atoms with Crippen molar-refractivity contribution >= 4 is 5.97 Å². The molecule has 0 amide bonds. The lowest BCUT2D eigenvalue weighted by Gasteiger charge is -2.10. The van der Waals surface area contributed by atoms with E-state index in [-0.39, 0.29) is 5.56 Å². The number of hydrogen-bond acceptors (Lipinski definition) is 2. The number of nitrogens with zero attached hydrogens (tertiary/aromatic N) is 2. The highest BCUT2D eigenvalue weighted by molar-refractivity contribution is 5.68. The Morgan fingerprint density at radius 2 is 2.36 bits per heavy atom. The van der Waals surface area contributed by atoms with E-state index in [4.69, 9.17) is 5.11 Å². The first kappa shape index (κ1) is 10.6. The van der Waals surface area contributed by atoms with E-state index in [1.165, 1.54) is 4.68 Å². The number of aromatic nitrogens is 2. The fourth-order valence-corrected chi connectivity index (χ4v) is 1.02. The molecule has 0 aliphatic rings. The van der Waals surface area contributed by atoms with Gasteiger partial charge in [0.2, 0.25) is 0 Å². The quantitative estimate of drug-likeness (QED) is 0.807. The van der Waals surface area contributed by atoms with Crippen LogP contribution in [0.4, 0.5) is 8.78 Å². The molecule has 0 aliphatic heterocycles. The summed E-state index contributed by atoms with van der Waals surface area (Å²) in [6.45, 7) is 2.23. The van der Waals surface area contributed by atoms with Crippen LogP contribution in [0.3, 0.4) is 0 Å². The molecule has 0 radical (unpaired) electrons. The van der Waals surface area contributed by atoms with Crippen molar-refractivity contribution in [2.75, 3.05) is 0 Å². The van der Waals surface area contributed by atoms with Crippen LogP contribution in [0, 0.1) is 0 Å². The summed E-state index contributed by atoms with van der Waals surface area (Å²) in [7, 11) is 0. The number of carbonyl (C=O) groups is 1. The molecule has 0 saturated carbocycles. The summed E-state index contributed by atoms with van der Waals surface area (Å²) in [5, 5.41) is 11.9. The number of carboxylic acids is 1. The predicted octanol–water partition coefficient (Wildman–Crippen LogP) is 1.47. The van der Waals surface area contributed by atoms with E-state index in [0.717, 1.165) is 12.4 Å². The summed E-state index contributed by atoms with van der Waals surface area (Å²) < 4.78 is 27.6. The van der Waals surface area contributed by atoms with Crippen molar-refractivity contribution in [3.63, 3.8) is 0 Å². The molecule has 1 aromatic heterocycles. The number of alkyl halides is 2. The molecule has 14 heavy (non-hydrogen) atoms. The van der Waals surface area contributed by atoms with Gasteiger partial charge in [0.1, 0.15) is 6.42 Å². The number of aryl methyl sites for hydroxylation is 1. The smallest absolute Gasteiger partial charge is 0.309 e. The molecule has 0 bridgehead atoms. The first-order valence-electron chi connectivity index (χ1n) is 4.08. The monoisotopic (exact) mass is 204 g/mol. The normalized spacial score (nSPS) is 11.6. The highest BCUT2D eigenvalue weighted by atomic mass is 19.3. The summed E-state index contributed by atoms with van der Waals surface area (Å²) in [6.07, 6.45) is 0.942. The SMILES string of the molecule is CCn1cc(C(F)(F)CC(=O)O)cn1. The Kier molecular flexibility index (Phi) is 2.83. The molecule has 0 fully saturated rings. The minimum Gasteiger partial charge on any atom is -0.481 e. The second-order valence-electron chi connectivity index (χ2n) is 2.86. The van der Waals surface area contributed by atoms with Gasteiger partial charge in [-0.25, -0.2) is 8.78 Å². The van der Waals surface area contributed by atoms with Gasteiger partial charge >= 0.3 is 5.97 Å². The molecule has 0 unspecified atom stereocenters. The highest BCUT2D eigenvalue weighted by Gasteiger charge is 2.35. The molecular weight excluding hydrogens is 194 g/mol. The maximum absolute atomic E-state index is 13.1. The zero-order valence-corrected chi connectivity index (χ0v) is 7.57. The molecule has 0 spiro atoms. The summed E-state index contributed by atoms with van der Waals surface area (Å²) in [5.41, 5.74) is -0.359. The molecule has 0 aromatic carbocycles. The molecule has 0 aliphatic carbocycles. The maximum Gasteiger partial charge on any atom is 0.309 e. The van der Waals surface area contributed by atoms with Gasteiger partial charge in [-0.3, -0.25) is 9.48 Å². The Morgan fingerprint density at radius 1 is 1.71 bits per heavy atom. The van der Waals surface area contributed by atoms with E-state index < -0.39 is 18.3 Å². The van der Waals surface area contributed by atoms with Crippen LogP contribution < -0.4 is 0 Å². The average Bonchev–Trinajstić information content (AvgIpc) is 2.49. The van der Waals surface area contributed by atoms with Crippen LogP contribution in [0.1, 0.15) is 18.9 Å². The van der Waals surface area contributed by atoms with Gasteiger partial charge in [-0.2, -0.15) is 5.10 Å². The molecule has 0 atom stereocenters. The lowest BCUT2D eigenvalue weighted by atomic mass is 10.1. The highest BCUT2D eigenvalue weighted by Crippen LogP contribution is 2.30. The largest absolute Gasteiger partial charge is 0.481 e. The Morgan fingerprint density at radius 3 is 2.79 bits per heavy atom. The molecule has 78 valence electrons. The third kappa shape index (κ3) is 2.27. The van der Waals surface area contributed by atoms with Crippen LogP contribution in [-0.4, -0.2) is 20.9 Å². The molecular formula is C8H10F2N2O2. The van der Waals surface area contributed by atoms with Crippen molar-refractivity contribution < 1.29 is 18.7 Å². The molecule has 6 heteroatoms. The molecule has 0 saturated heterocycles. The van der Waals surface area contributed by atoms with Crippen molar-refractivity contribution in [1.29, 1.82) is 0 Å². The van der Waals surface area contributed by atoms with Crippen LogP contribution >= 0.6 is 0 Å². The van der Waals surface area contributed by atoms with Gasteiger partial charge in [0.25, 0.3) is 5.92 Å². The third-order valence-electron chi connectivity index (χ3n) is 1.75. The van der Waals surface area contributed by atoms with E-state index in [1.807, 2.05) is 0 Å². The average molecular weight is 204 g/mol. The summed E-state index contributed by atoms with van der Waals surface area (Å²) in [4.78, 5) is 10.2. The Balaban J connectivity index is 2.85. The standard InChI is InChI=1S/C8H10F2N2O2/c1-2-12-5-6(4-11-12)8(9,10)3-7(13)14/h4-5H,2-3H2,1H3,(H,13,14). The zero-order chi connectivity index (χ0) is 10.8. The number of carboxylic acid groups (broad SMARTS) is 1. The maximum atomic E-state index is 13.1. The molecule has 1 N–H and O–H groups in total. The van der Waals surface area contributed by atoms with Gasteiger partial charge in [-0.1, -0.05) is 0 Å². The predicted molar refractivity (Wildman–Crippen MR) is 44.0 cm³/mol. The van der Waals surface area contributed by atoms with E-state index in [2.05, 4.69) is 5.10 Å². The van der Waals surface area contributed by atoms with Gasteiger partial charge in [0.15, 0.2) is 0 Å². The van der Waals surface area contributed by atoms with Gasteiger partial charge < -0.3 is 5.11 Å². The van der Waals surface area contributed by atoms with E-state index in [0.29, 0.717) is 6.54 Å². The second-order valence-corrected chi connectivity index (χ2v) is 2.86. The molecule has 1 rings (SSSR count). The van der Waals surface area contributed by atoms with E-state index >= 15 is 0 Å². The minimum absolute atomic E-state index is 0.359. The van der Waals surface area contributed by atoms with Gasteiger partial charge in [-0.05, 0) is 6.92 Å². The first-order valence-corrected chi connectivity index (χ1v) is 4.08. The lowest BCUT2D eigenvalue weighted by Crippen LogP contribution is -2.17. The number of rotatable bonds is 4. The second kappa shape index (κ2) is 3.73. The van der Waals surface area contributed by atoms with Crippen molar-refractivity contribution in [3.8, 4) is 0 Å². The molecule has 1 aromatic rings. The third-order valence-corrected chi connectivity index (χ3v) is 1.75. The van der Waals surface area contributed by atoms with Crippen LogP contribution in [0.2, 0.25) is 0 Å². The first-order chi connectivity index (χ1) is 6.45. The van der Waals surface area contributed by atoms with Crippen molar-refractivity contribution in [3.05, 3.63) is 18.0 Å². The Labute approximate surface area is 79.2 Å². The van der Waals surface area contributed by atoms with E-state index in [1.54, 1.807) is 6.92 Å². The summed E-state index contributed by atoms with van der Waals surface area (Å²) >= 11 is 0. The number of hydrogen-bond donors (Lipinski definition) is 1. The summed E-state index contributed by atoms with van der Waals surface area (Å²) in [5.74, 6) is -4.88. The van der Waals surface area contributed by atoms with Gasteiger partial charge in [0.05, 0.1) is 11.8 Å². The lowest BCUT2D eigenvalue weighted by molar-refractivity contribution is -0.145. The number of aliphatic carboxylic acids is 1. The van der Waals surface area contributed by atoms with Crippen LogP contribution in [-0.2, 0) is 17.3 Å². The fourth-order valence-electron chi connectivity index (χ4n) is 1.02. The van der Waals surface area contributed by atoms with Crippen LogP contribution in [0.25, 0.3) is 0 Å². The molecule has 4 nitrogen and oxygen atoms in total. The molecule has 1 heterocycles. The minimum atomic E-state index is -3.35. The van der Waals surface area contributed by atoms with Crippen molar-refractivity contribution in [2.24, 2.45) is 0 Å². The van der Waals surface area contributed by atoms with Crippen molar-refractivity contribution in [1.82, 2.24) is 9.78 Å². The zero-order valence-electron chi connectivity index (χ0n) is 7.57. The Bertz CT molecular complexity index is 336. The van der Waals surface area contributed by atoms with E-state index in [9.17, 15) is 13.6 Å². The fraction of sp³-hybridized carbons (Fsp3) is 0.500. The summed E-state index contributed by atoms with van der Waals surface area (Å²) in [6, 6.07) is 0.